The lowest BCUT2D eigenvalue weighted by Crippen LogP contribution is -2.14. The molecule has 0 bridgehead atoms. The van der Waals surface area contributed by atoms with Gasteiger partial charge in [-0.05, 0) is 49.2 Å². The molecule has 25 heavy (non-hydrogen) atoms. The zero-order chi connectivity index (χ0) is 18.0. The molecule has 0 spiro atoms. The molecule has 0 atom stereocenters. The summed E-state index contributed by atoms with van der Waals surface area (Å²) >= 11 is 0. The van der Waals surface area contributed by atoms with Gasteiger partial charge in [-0.15, -0.1) is 0 Å². The second-order valence-electron chi connectivity index (χ2n) is 6.53. The third-order valence-corrected chi connectivity index (χ3v) is 4.03. The minimum absolute atomic E-state index is 0.284. The summed E-state index contributed by atoms with van der Waals surface area (Å²) in [4.78, 5) is 16.6. The molecule has 0 aliphatic heterocycles. The van der Waals surface area contributed by atoms with Gasteiger partial charge in [-0.2, -0.15) is 5.26 Å². The first-order chi connectivity index (χ1) is 12.0. The summed E-state index contributed by atoms with van der Waals surface area (Å²) in [6.07, 6.45) is 2.07. The van der Waals surface area contributed by atoms with Gasteiger partial charge >= 0.3 is 0 Å². The maximum absolute atomic E-state index is 12.4. The average molecular weight is 332 g/mol. The second-order valence-corrected chi connectivity index (χ2v) is 6.53. The number of fused-ring (bicyclic) bond motifs is 1. The predicted molar refractivity (Wildman–Crippen MR) is 98.4 cm³/mol. The van der Waals surface area contributed by atoms with E-state index in [1.54, 1.807) is 19.1 Å². The zero-order valence-corrected chi connectivity index (χ0v) is 14.6. The SMILES string of the molecule is Cc1nc(C(=O)Nc2ccc3c(ccn3CC(C)C)c2)ccc1C#N. The Balaban J connectivity index is 1.82. The molecule has 5 heteroatoms. The van der Waals surface area contributed by atoms with Crippen molar-refractivity contribution in [2.24, 2.45) is 5.92 Å². The molecule has 0 aliphatic carbocycles. The van der Waals surface area contributed by atoms with Crippen LogP contribution in [0.4, 0.5) is 5.69 Å². The lowest BCUT2D eigenvalue weighted by molar-refractivity contribution is 0.102. The van der Waals surface area contributed by atoms with Gasteiger partial charge < -0.3 is 9.88 Å². The van der Waals surface area contributed by atoms with Gasteiger partial charge in [0, 0.05) is 29.3 Å². The normalized spacial score (nSPS) is 10.8. The second kappa shape index (κ2) is 6.78. The fourth-order valence-corrected chi connectivity index (χ4v) is 2.83. The van der Waals surface area contributed by atoms with Crippen LogP contribution in [-0.4, -0.2) is 15.5 Å². The fourth-order valence-electron chi connectivity index (χ4n) is 2.83. The number of hydrogen-bond acceptors (Lipinski definition) is 3. The Morgan fingerprint density at radius 1 is 1.28 bits per heavy atom. The molecule has 2 heterocycles. The largest absolute Gasteiger partial charge is 0.347 e. The van der Waals surface area contributed by atoms with Crippen LogP contribution in [0.2, 0.25) is 0 Å². The van der Waals surface area contributed by atoms with Crippen molar-refractivity contribution in [1.82, 2.24) is 9.55 Å². The van der Waals surface area contributed by atoms with Gasteiger partial charge in [0.25, 0.3) is 5.91 Å². The Morgan fingerprint density at radius 2 is 2.08 bits per heavy atom. The first-order valence-electron chi connectivity index (χ1n) is 8.26. The number of nitrogens with zero attached hydrogens (tertiary/aromatic N) is 3. The van der Waals surface area contributed by atoms with Crippen LogP contribution in [0.15, 0.2) is 42.6 Å². The van der Waals surface area contributed by atoms with E-state index in [0.29, 0.717) is 22.9 Å². The van der Waals surface area contributed by atoms with Crippen LogP contribution >= 0.6 is 0 Å². The van der Waals surface area contributed by atoms with E-state index in [1.807, 2.05) is 18.2 Å². The zero-order valence-electron chi connectivity index (χ0n) is 14.6. The number of hydrogen-bond donors (Lipinski definition) is 1. The summed E-state index contributed by atoms with van der Waals surface area (Å²) in [6.45, 7) is 7.06. The van der Waals surface area contributed by atoms with Crippen molar-refractivity contribution >= 4 is 22.5 Å². The summed E-state index contributed by atoms with van der Waals surface area (Å²) in [7, 11) is 0. The van der Waals surface area contributed by atoms with Gasteiger partial charge in [-0.3, -0.25) is 4.79 Å². The molecule has 0 fully saturated rings. The Kier molecular flexibility index (Phi) is 4.53. The van der Waals surface area contributed by atoms with E-state index >= 15 is 0 Å². The van der Waals surface area contributed by atoms with Gasteiger partial charge in [0.1, 0.15) is 11.8 Å². The maximum Gasteiger partial charge on any atom is 0.274 e. The number of carbonyl (C=O) groups is 1. The van der Waals surface area contributed by atoms with E-state index in [1.165, 1.54) is 0 Å². The number of nitriles is 1. The number of aromatic nitrogens is 2. The number of nitrogens with one attached hydrogen (secondary N) is 1. The third-order valence-electron chi connectivity index (χ3n) is 4.03. The van der Waals surface area contributed by atoms with E-state index in [0.717, 1.165) is 23.1 Å². The Hall–Kier alpha value is -3.13. The molecule has 0 aliphatic rings. The van der Waals surface area contributed by atoms with Gasteiger partial charge in [-0.25, -0.2) is 4.98 Å². The third kappa shape index (κ3) is 3.53. The summed E-state index contributed by atoms with van der Waals surface area (Å²) < 4.78 is 2.22. The summed E-state index contributed by atoms with van der Waals surface area (Å²) in [6, 6.07) is 13.2. The molecule has 0 saturated carbocycles. The van der Waals surface area contributed by atoms with Gasteiger partial charge in [0.05, 0.1) is 11.3 Å². The van der Waals surface area contributed by atoms with Gasteiger partial charge in [0.15, 0.2) is 0 Å². The standard InChI is InChI=1S/C20H20N4O/c1-13(2)12-24-9-8-15-10-17(5-7-19(15)24)23-20(25)18-6-4-16(11-21)14(3)22-18/h4-10,13H,12H2,1-3H3,(H,23,25). The van der Waals surface area contributed by atoms with Crippen molar-refractivity contribution in [3.8, 4) is 6.07 Å². The number of carbonyl (C=O) groups excluding carboxylic acids is 1. The quantitative estimate of drug-likeness (QED) is 0.781. The Bertz CT molecular complexity index is 979. The van der Waals surface area contributed by atoms with Crippen molar-refractivity contribution in [2.75, 3.05) is 5.32 Å². The van der Waals surface area contributed by atoms with E-state index in [4.69, 9.17) is 5.26 Å². The Morgan fingerprint density at radius 3 is 2.76 bits per heavy atom. The van der Waals surface area contributed by atoms with Crippen LogP contribution in [0.3, 0.4) is 0 Å². The number of pyridine rings is 1. The minimum atomic E-state index is -0.284. The molecular weight excluding hydrogens is 312 g/mol. The molecule has 1 amide bonds. The van der Waals surface area contributed by atoms with Crippen molar-refractivity contribution in [3.63, 3.8) is 0 Å². The first-order valence-corrected chi connectivity index (χ1v) is 8.26. The number of rotatable bonds is 4. The minimum Gasteiger partial charge on any atom is -0.347 e. The fraction of sp³-hybridized carbons (Fsp3) is 0.250. The van der Waals surface area contributed by atoms with Crippen LogP contribution in [0.5, 0.6) is 0 Å². The highest BCUT2D eigenvalue weighted by molar-refractivity contribution is 6.03. The molecule has 5 nitrogen and oxygen atoms in total. The van der Waals surface area contributed by atoms with Gasteiger partial charge in [0.2, 0.25) is 0 Å². The monoisotopic (exact) mass is 332 g/mol. The average Bonchev–Trinajstić information content (AvgIpc) is 2.96. The van der Waals surface area contributed by atoms with E-state index in [9.17, 15) is 4.79 Å². The molecule has 0 unspecified atom stereocenters. The molecule has 3 aromatic rings. The van der Waals surface area contributed by atoms with Gasteiger partial charge in [-0.1, -0.05) is 13.8 Å². The number of anilines is 1. The molecule has 126 valence electrons. The highest BCUT2D eigenvalue weighted by Gasteiger charge is 2.11. The first kappa shape index (κ1) is 16.7. The van der Waals surface area contributed by atoms with Crippen LogP contribution < -0.4 is 5.32 Å². The topological polar surface area (TPSA) is 70.7 Å². The van der Waals surface area contributed by atoms with Crippen LogP contribution in [0, 0.1) is 24.2 Å². The van der Waals surface area contributed by atoms with Crippen LogP contribution in [0.25, 0.3) is 10.9 Å². The van der Waals surface area contributed by atoms with Crippen molar-refractivity contribution < 1.29 is 4.79 Å². The van der Waals surface area contributed by atoms with Crippen molar-refractivity contribution in [2.45, 2.75) is 27.3 Å². The summed E-state index contributed by atoms with van der Waals surface area (Å²) in [5.41, 5.74) is 3.21. The number of amides is 1. The van der Waals surface area contributed by atoms with Crippen molar-refractivity contribution in [3.05, 3.63) is 59.5 Å². The number of benzene rings is 1. The molecular formula is C20H20N4O. The highest BCUT2D eigenvalue weighted by Crippen LogP contribution is 2.22. The van der Waals surface area contributed by atoms with E-state index < -0.39 is 0 Å². The van der Waals surface area contributed by atoms with E-state index in [-0.39, 0.29) is 5.91 Å². The smallest absolute Gasteiger partial charge is 0.274 e. The van der Waals surface area contributed by atoms with Crippen LogP contribution in [0.1, 0.15) is 35.6 Å². The Labute approximate surface area is 146 Å². The highest BCUT2D eigenvalue weighted by atomic mass is 16.1. The molecule has 3 rings (SSSR count). The molecule has 1 aromatic carbocycles. The summed E-state index contributed by atoms with van der Waals surface area (Å²) in [5, 5.41) is 12.9. The van der Waals surface area contributed by atoms with Crippen LogP contribution in [-0.2, 0) is 6.54 Å². The molecule has 0 radical (unpaired) electrons. The molecule has 1 N–H and O–H groups in total. The van der Waals surface area contributed by atoms with E-state index in [2.05, 4.69) is 47.0 Å². The lowest BCUT2D eigenvalue weighted by atomic mass is 10.2. The van der Waals surface area contributed by atoms with Crippen molar-refractivity contribution in [1.29, 1.82) is 5.26 Å². The maximum atomic E-state index is 12.4. The summed E-state index contributed by atoms with van der Waals surface area (Å²) in [5.74, 6) is 0.286. The lowest BCUT2D eigenvalue weighted by Gasteiger charge is -2.09. The predicted octanol–water partition coefficient (Wildman–Crippen LogP) is 4.12. The molecule has 2 aromatic heterocycles. The number of aryl methyl sites for hydroxylation is 1. The molecule has 0 saturated heterocycles.